The molecule has 2 aromatic carbocycles. The Morgan fingerprint density at radius 3 is 2.36 bits per heavy atom. The van der Waals surface area contributed by atoms with E-state index in [1.54, 1.807) is 23.9 Å². The van der Waals surface area contributed by atoms with E-state index >= 15 is 0 Å². The fourth-order valence-electron chi connectivity index (χ4n) is 2.04. The fraction of sp³-hybridized carbons (Fsp3) is 0.278. The molecule has 0 spiro atoms. The molecule has 0 aliphatic heterocycles. The van der Waals surface area contributed by atoms with E-state index in [-0.39, 0.29) is 23.0 Å². The Morgan fingerprint density at radius 1 is 1.09 bits per heavy atom. The third kappa shape index (κ3) is 4.88. The van der Waals surface area contributed by atoms with Gasteiger partial charge in [0.15, 0.2) is 0 Å². The molecule has 0 saturated heterocycles. The molecule has 2 aromatic rings. The number of thioether (sulfide) groups is 1. The van der Waals surface area contributed by atoms with Gasteiger partial charge in [0.2, 0.25) is 5.91 Å². The number of carbonyl (C=O) groups excluding carboxylic acids is 1. The average Bonchev–Trinajstić information content (AvgIpc) is 2.54. The van der Waals surface area contributed by atoms with Crippen LogP contribution in [-0.2, 0) is 10.5 Å². The second kappa shape index (κ2) is 7.99. The zero-order chi connectivity index (χ0) is 15.9. The van der Waals surface area contributed by atoms with Gasteiger partial charge >= 0.3 is 0 Å². The standard InChI is InChI=1S/C18H20FNOS/c1-13(16-8-10-17(19)11-9-16)20-18(21)14(2)22-12-15-6-4-3-5-7-15/h3-11,13-14H,12H2,1-2H3,(H,20,21)/t13-,14+/m1/s1. The van der Waals surface area contributed by atoms with E-state index < -0.39 is 0 Å². The van der Waals surface area contributed by atoms with E-state index in [0.717, 1.165) is 11.3 Å². The Labute approximate surface area is 135 Å². The molecule has 1 N–H and O–H groups in total. The van der Waals surface area contributed by atoms with Crippen LogP contribution in [0, 0.1) is 5.82 Å². The number of hydrogen-bond donors (Lipinski definition) is 1. The normalized spacial score (nSPS) is 13.4. The van der Waals surface area contributed by atoms with Crippen molar-refractivity contribution < 1.29 is 9.18 Å². The number of halogens is 1. The van der Waals surface area contributed by atoms with Crippen LogP contribution in [0.3, 0.4) is 0 Å². The predicted molar refractivity (Wildman–Crippen MR) is 90.2 cm³/mol. The third-order valence-corrected chi connectivity index (χ3v) is 4.65. The summed E-state index contributed by atoms with van der Waals surface area (Å²) in [6.07, 6.45) is 0. The molecular formula is C18H20FNOS. The molecule has 22 heavy (non-hydrogen) atoms. The molecule has 0 bridgehead atoms. The van der Waals surface area contributed by atoms with E-state index in [9.17, 15) is 9.18 Å². The summed E-state index contributed by atoms with van der Waals surface area (Å²) in [5.41, 5.74) is 2.11. The minimum Gasteiger partial charge on any atom is -0.349 e. The highest BCUT2D eigenvalue weighted by molar-refractivity contribution is 7.99. The van der Waals surface area contributed by atoms with Crippen molar-refractivity contribution in [1.29, 1.82) is 0 Å². The van der Waals surface area contributed by atoms with Gasteiger partial charge in [0.1, 0.15) is 5.82 Å². The highest BCUT2D eigenvalue weighted by atomic mass is 32.2. The maximum atomic E-state index is 12.9. The molecular weight excluding hydrogens is 297 g/mol. The van der Waals surface area contributed by atoms with Crippen molar-refractivity contribution in [3.05, 3.63) is 71.5 Å². The van der Waals surface area contributed by atoms with Crippen molar-refractivity contribution >= 4 is 17.7 Å². The third-order valence-electron chi connectivity index (χ3n) is 3.44. The maximum Gasteiger partial charge on any atom is 0.233 e. The van der Waals surface area contributed by atoms with Crippen molar-refractivity contribution in [2.24, 2.45) is 0 Å². The molecule has 2 nitrogen and oxygen atoms in total. The second-order valence-electron chi connectivity index (χ2n) is 5.22. The van der Waals surface area contributed by atoms with Crippen molar-refractivity contribution in [1.82, 2.24) is 5.32 Å². The highest BCUT2D eigenvalue weighted by Crippen LogP contribution is 2.19. The molecule has 4 heteroatoms. The van der Waals surface area contributed by atoms with Crippen molar-refractivity contribution in [2.45, 2.75) is 30.9 Å². The Kier molecular flexibility index (Phi) is 6.01. The number of amides is 1. The topological polar surface area (TPSA) is 29.1 Å². The van der Waals surface area contributed by atoms with E-state index in [4.69, 9.17) is 0 Å². The van der Waals surface area contributed by atoms with Gasteiger partial charge in [0.25, 0.3) is 0 Å². The largest absolute Gasteiger partial charge is 0.349 e. The van der Waals surface area contributed by atoms with Gasteiger partial charge < -0.3 is 5.32 Å². The van der Waals surface area contributed by atoms with E-state index in [2.05, 4.69) is 17.4 Å². The highest BCUT2D eigenvalue weighted by Gasteiger charge is 2.16. The first-order valence-corrected chi connectivity index (χ1v) is 8.32. The van der Waals surface area contributed by atoms with Gasteiger partial charge in [-0.3, -0.25) is 4.79 Å². The summed E-state index contributed by atoms with van der Waals surface area (Å²) < 4.78 is 12.9. The summed E-state index contributed by atoms with van der Waals surface area (Å²) in [7, 11) is 0. The molecule has 0 saturated carbocycles. The molecule has 116 valence electrons. The molecule has 0 aliphatic rings. The molecule has 0 aromatic heterocycles. The summed E-state index contributed by atoms with van der Waals surface area (Å²) in [6, 6.07) is 16.2. The van der Waals surface area contributed by atoms with Gasteiger partial charge in [0.05, 0.1) is 11.3 Å². The lowest BCUT2D eigenvalue weighted by atomic mass is 10.1. The molecule has 0 fully saturated rings. The molecule has 0 unspecified atom stereocenters. The van der Waals surface area contributed by atoms with Crippen molar-refractivity contribution in [3.8, 4) is 0 Å². The second-order valence-corrected chi connectivity index (χ2v) is 6.55. The van der Waals surface area contributed by atoms with Gasteiger partial charge in [-0.2, -0.15) is 0 Å². The van der Waals surface area contributed by atoms with E-state index in [0.29, 0.717) is 0 Å². The summed E-state index contributed by atoms with van der Waals surface area (Å²) >= 11 is 1.61. The number of carbonyl (C=O) groups is 1. The molecule has 2 rings (SSSR count). The van der Waals surface area contributed by atoms with Crippen LogP contribution in [-0.4, -0.2) is 11.2 Å². The lowest BCUT2D eigenvalue weighted by molar-refractivity contribution is -0.120. The summed E-state index contributed by atoms with van der Waals surface area (Å²) in [5, 5.41) is 2.83. The number of rotatable bonds is 6. The lowest BCUT2D eigenvalue weighted by Crippen LogP contribution is -2.33. The molecule has 0 heterocycles. The first kappa shape index (κ1) is 16.6. The predicted octanol–water partition coefficient (Wildman–Crippen LogP) is 4.32. The Bertz CT molecular complexity index is 600. The quantitative estimate of drug-likeness (QED) is 0.859. The van der Waals surface area contributed by atoms with E-state index in [1.807, 2.05) is 32.0 Å². The van der Waals surface area contributed by atoms with Crippen LogP contribution >= 0.6 is 11.8 Å². The van der Waals surface area contributed by atoms with Gasteiger partial charge in [-0.1, -0.05) is 42.5 Å². The van der Waals surface area contributed by atoms with Crippen LogP contribution in [0.4, 0.5) is 4.39 Å². The zero-order valence-electron chi connectivity index (χ0n) is 12.8. The summed E-state index contributed by atoms with van der Waals surface area (Å²) in [6.45, 7) is 3.81. The number of nitrogens with one attached hydrogen (secondary N) is 1. The van der Waals surface area contributed by atoms with Crippen LogP contribution in [0.25, 0.3) is 0 Å². The summed E-state index contributed by atoms with van der Waals surface area (Å²) in [5.74, 6) is 0.534. The smallest absolute Gasteiger partial charge is 0.233 e. The van der Waals surface area contributed by atoms with Crippen molar-refractivity contribution in [2.75, 3.05) is 0 Å². The van der Waals surface area contributed by atoms with Gasteiger partial charge in [-0.25, -0.2) is 4.39 Å². The molecule has 2 atom stereocenters. The first-order valence-electron chi connectivity index (χ1n) is 7.27. The van der Waals surface area contributed by atoms with Crippen LogP contribution in [0.2, 0.25) is 0 Å². The summed E-state index contributed by atoms with van der Waals surface area (Å²) in [4.78, 5) is 12.2. The first-order chi connectivity index (χ1) is 10.6. The molecule has 1 amide bonds. The van der Waals surface area contributed by atoms with Gasteiger partial charge in [-0.05, 0) is 37.1 Å². The van der Waals surface area contributed by atoms with Crippen LogP contribution < -0.4 is 5.32 Å². The average molecular weight is 317 g/mol. The maximum absolute atomic E-state index is 12.9. The SMILES string of the molecule is C[C@H](SCc1ccccc1)C(=O)N[C@H](C)c1ccc(F)cc1. The minimum atomic E-state index is -0.269. The number of hydrogen-bond acceptors (Lipinski definition) is 2. The molecule has 0 aliphatic carbocycles. The molecule has 0 radical (unpaired) electrons. The van der Waals surface area contributed by atoms with Crippen molar-refractivity contribution in [3.63, 3.8) is 0 Å². The lowest BCUT2D eigenvalue weighted by Gasteiger charge is -2.18. The van der Waals surface area contributed by atoms with Crippen LogP contribution in [0.5, 0.6) is 0 Å². The minimum absolute atomic E-state index is 0.00208. The van der Waals surface area contributed by atoms with E-state index in [1.165, 1.54) is 17.7 Å². The zero-order valence-corrected chi connectivity index (χ0v) is 13.6. The Balaban J connectivity index is 1.84. The van der Waals surface area contributed by atoms with Crippen LogP contribution in [0.1, 0.15) is 31.0 Å². The van der Waals surface area contributed by atoms with Crippen LogP contribution in [0.15, 0.2) is 54.6 Å². The van der Waals surface area contributed by atoms with Gasteiger partial charge in [-0.15, -0.1) is 11.8 Å². The van der Waals surface area contributed by atoms with Gasteiger partial charge in [0, 0.05) is 5.75 Å². The monoisotopic (exact) mass is 317 g/mol. The fourth-order valence-corrected chi connectivity index (χ4v) is 2.89. The number of benzene rings is 2. The Morgan fingerprint density at radius 2 is 1.73 bits per heavy atom. The Hall–Kier alpha value is -1.81.